The molecular weight excluding hydrogens is 274 g/mol. The molecule has 1 N–H and O–H groups in total. The molecule has 1 aliphatic rings. The molecule has 2 rings (SSSR count). The summed E-state index contributed by atoms with van der Waals surface area (Å²) in [6.45, 7) is 8.43. The van der Waals surface area contributed by atoms with Crippen LogP contribution in [0.5, 0.6) is 0 Å². The Morgan fingerprint density at radius 2 is 2.25 bits per heavy atom. The van der Waals surface area contributed by atoms with Crippen LogP contribution in [-0.4, -0.2) is 46.1 Å². The summed E-state index contributed by atoms with van der Waals surface area (Å²) in [5.41, 5.74) is 0.478. The Labute approximate surface area is 124 Å². The van der Waals surface area contributed by atoms with Gasteiger partial charge in [-0.25, -0.2) is 4.98 Å². The molecular formula is C14H23N3O2S. The van der Waals surface area contributed by atoms with E-state index in [2.05, 4.69) is 16.8 Å². The highest BCUT2D eigenvalue weighted by atomic mass is 32.1. The van der Waals surface area contributed by atoms with Gasteiger partial charge in [0.1, 0.15) is 0 Å². The van der Waals surface area contributed by atoms with Crippen molar-refractivity contribution in [3.05, 3.63) is 11.1 Å². The van der Waals surface area contributed by atoms with Gasteiger partial charge in [0, 0.05) is 38.5 Å². The molecule has 1 aliphatic heterocycles. The van der Waals surface area contributed by atoms with E-state index in [0.29, 0.717) is 6.54 Å². The lowest BCUT2D eigenvalue weighted by Crippen LogP contribution is -2.60. The highest BCUT2D eigenvalue weighted by Crippen LogP contribution is 2.28. The molecule has 1 aromatic heterocycles. The van der Waals surface area contributed by atoms with Gasteiger partial charge in [0.15, 0.2) is 5.13 Å². The van der Waals surface area contributed by atoms with E-state index in [1.54, 1.807) is 11.8 Å². The van der Waals surface area contributed by atoms with Crippen LogP contribution in [0.2, 0.25) is 0 Å². The minimum Gasteiger partial charge on any atom is -0.387 e. The van der Waals surface area contributed by atoms with Crippen LogP contribution >= 0.6 is 11.3 Å². The molecule has 20 heavy (non-hydrogen) atoms. The number of anilines is 1. The summed E-state index contributed by atoms with van der Waals surface area (Å²) in [6, 6.07) is 0. The van der Waals surface area contributed by atoms with E-state index in [0.717, 1.165) is 43.3 Å². The predicted molar refractivity (Wildman–Crippen MR) is 80.9 cm³/mol. The lowest BCUT2D eigenvalue weighted by atomic mass is 9.89. The van der Waals surface area contributed by atoms with Crippen LogP contribution in [0.1, 0.15) is 39.3 Å². The first-order valence-electron chi connectivity index (χ1n) is 7.14. The van der Waals surface area contributed by atoms with Gasteiger partial charge in [-0.3, -0.25) is 14.6 Å². The molecule has 0 bridgehead atoms. The van der Waals surface area contributed by atoms with Crippen molar-refractivity contribution in [1.82, 2.24) is 9.88 Å². The van der Waals surface area contributed by atoms with E-state index in [-0.39, 0.29) is 5.91 Å². The number of likely N-dealkylation sites (tertiary alicyclic amines) is 1. The van der Waals surface area contributed by atoms with E-state index in [1.807, 2.05) is 12.3 Å². The Hall–Kier alpha value is -0.980. The summed E-state index contributed by atoms with van der Waals surface area (Å²) in [7, 11) is 0. The van der Waals surface area contributed by atoms with Crippen LogP contribution < -0.4 is 4.90 Å². The molecule has 112 valence electrons. The molecule has 0 saturated carbocycles. The zero-order chi connectivity index (χ0) is 14.8. The standard InChI is InChI=1S/C14H23N3O2S/c1-4-6-14(19)9-16(10-14)7-12-8-20-13(15-12)17(5-2)11(3)18/h8,19H,4-7,9-10H2,1-3H3. The molecule has 1 saturated heterocycles. The zero-order valence-electron chi connectivity index (χ0n) is 12.4. The van der Waals surface area contributed by atoms with Crippen molar-refractivity contribution >= 4 is 22.4 Å². The third kappa shape index (κ3) is 3.37. The van der Waals surface area contributed by atoms with Crippen LogP contribution in [0.3, 0.4) is 0 Å². The summed E-state index contributed by atoms with van der Waals surface area (Å²) < 4.78 is 0. The molecule has 6 heteroatoms. The third-order valence-electron chi connectivity index (χ3n) is 3.60. The summed E-state index contributed by atoms with van der Waals surface area (Å²) in [6.07, 6.45) is 1.87. The highest BCUT2D eigenvalue weighted by Gasteiger charge is 2.40. The van der Waals surface area contributed by atoms with Crippen molar-refractivity contribution in [1.29, 1.82) is 0 Å². The Morgan fingerprint density at radius 3 is 2.80 bits per heavy atom. The number of amides is 1. The maximum Gasteiger partial charge on any atom is 0.225 e. The van der Waals surface area contributed by atoms with Gasteiger partial charge in [-0.2, -0.15) is 0 Å². The third-order valence-corrected chi connectivity index (χ3v) is 4.52. The van der Waals surface area contributed by atoms with Gasteiger partial charge in [0.2, 0.25) is 5.91 Å². The van der Waals surface area contributed by atoms with Crippen molar-refractivity contribution in [2.45, 2.75) is 45.8 Å². The number of β-amino-alcohol motifs (C(OH)–C–C–N with tert-alkyl or cyclic N) is 1. The minimum absolute atomic E-state index is 0.0228. The maximum atomic E-state index is 11.5. The van der Waals surface area contributed by atoms with Crippen molar-refractivity contribution < 1.29 is 9.90 Å². The van der Waals surface area contributed by atoms with Crippen molar-refractivity contribution in [3.8, 4) is 0 Å². The van der Waals surface area contributed by atoms with Crippen molar-refractivity contribution in [3.63, 3.8) is 0 Å². The molecule has 0 atom stereocenters. The monoisotopic (exact) mass is 297 g/mol. The number of carbonyl (C=O) groups is 1. The van der Waals surface area contributed by atoms with Gasteiger partial charge in [0.25, 0.3) is 0 Å². The van der Waals surface area contributed by atoms with E-state index >= 15 is 0 Å². The zero-order valence-corrected chi connectivity index (χ0v) is 13.2. The van der Waals surface area contributed by atoms with E-state index in [9.17, 15) is 9.90 Å². The number of thiazole rings is 1. The summed E-state index contributed by atoms with van der Waals surface area (Å²) in [5.74, 6) is 0.0228. The molecule has 1 fully saturated rings. The average molecular weight is 297 g/mol. The molecule has 2 heterocycles. The number of hydrogen-bond acceptors (Lipinski definition) is 5. The summed E-state index contributed by atoms with van der Waals surface area (Å²) in [4.78, 5) is 19.9. The lowest BCUT2D eigenvalue weighted by Gasteiger charge is -2.46. The Balaban J connectivity index is 1.90. The SMILES string of the molecule is CCCC1(O)CN(Cc2csc(N(CC)C(C)=O)n2)C1. The maximum absolute atomic E-state index is 11.5. The Morgan fingerprint density at radius 1 is 1.55 bits per heavy atom. The number of nitrogens with zero attached hydrogens (tertiary/aromatic N) is 3. The first-order valence-corrected chi connectivity index (χ1v) is 8.02. The lowest BCUT2D eigenvalue weighted by molar-refractivity contribution is -0.116. The van der Waals surface area contributed by atoms with Crippen LogP contribution in [-0.2, 0) is 11.3 Å². The molecule has 0 aliphatic carbocycles. The topological polar surface area (TPSA) is 56.7 Å². The van der Waals surface area contributed by atoms with E-state index in [4.69, 9.17) is 0 Å². The van der Waals surface area contributed by atoms with Gasteiger partial charge < -0.3 is 5.11 Å². The van der Waals surface area contributed by atoms with Crippen LogP contribution in [0, 0.1) is 0 Å². The van der Waals surface area contributed by atoms with Crippen LogP contribution in [0.15, 0.2) is 5.38 Å². The summed E-state index contributed by atoms with van der Waals surface area (Å²) in [5, 5.41) is 12.9. The quantitative estimate of drug-likeness (QED) is 0.871. The number of hydrogen-bond donors (Lipinski definition) is 1. The second-order valence-electron chi connectivity index (χ2n) is 5.50. The first kappa shape index (κ1) is 15.4. The largest absolute Gasteiger partial charge is 0.387 e. The fourth-order valence-electron chi connectivity index (χ4n) is 2.74. The Kier molecular flexibility index (Phi) is 4.78. The average Bonchev–Trinajstić information content (AvgIpc) is 2.76. The summed E-state index contributed by atoms with van der Waals surface area (Å²) >= 11 is 1.50. The van der Waals surface area contributed by atoms with Crippen LogP contribution in [0.4, 0.5) is 5.13 Å². The second kappa shape index (κ2) is 6.20. The normalized spacial score (nSPS) is 17.8. The fraction of sp³-hybridized carbons (Fsp3) is 0.714. The first-order chi connectivity index (χ1) is 9.47. The van der Waals surface area contributed by atoms with E-state index < -0.39 is 5.60 Å². The van der Waals surface area contributed by atoms with Crippen molar-refractivity contribution in [2.75, 3.05) is 24.5 Å². The van der Waals surface area contributed by atoms with Gasteiger partial charge in [-0.15, -0.1) is 11.3 Å². The van der Waals surface area contributed by atoms with Crippen LogP contribution in [0.25, 0.3) is 0 Å². The van der Waals surface area contributed by atoms with Gasteiger partial charge in [-0.05, 0) is 13.3 Å². The number of rotatable bonds is 6. The Bertz CT molecular complexity index is 469. The molecule has 0 radical (unpaired) electrons. The molecule has 0 unspecified atom stereocenters. The highest BCUT2D eigenvalue weighted by molar-refractivity contribution is 7.14. The molecule has 1 aromatic rings. The molecule has 0 aromatic carbocycles. The number of carbonyl (C=O) groups excluding carboxylic acids is 1. The predicted octanol–water partition coefficient (Wildman–Crippen LogP) is 1.86. The molecule has 5 nitrogen and oxygen atoms in total. The van der Waals surface area contributed by atoms with Gasteiger partial charge >= 0.3 is 0 Å². The van der Waals surface area contributed by atoms with Gasteiger partial charge in [0.05, 0.1) is 11.3 Å². The smallest absolute Gasteiger partial charge is 0.225 e. The molecule has 1 amide bonds. The number of aliphatic hydroxyl groups is 1. The molecule has 0 spiro atoms. The van der Waals surface area contributed by atoms with Crippen molar-refractivity contribution in [2.24, 2.45) is 0 Å². The fourth-order valence-corrected chi connectivity index (χ4v) is 3.66. The minimum atomic E-state index is -0.498. The van der Waals surface area contributed by atoms with E-state index in [1.165, 1.54) is 11.3 Å². The second-order valence-corrected chi connectivity index (χ2v) is 6.34. The number of aromatic nitrogens is 1. The van der Waals surface area contributed by atoms with Gasteiger partial charge in [-0.1, -0.05) is 13.3 Å².